The number of carbonyl (C=O) groups is 2. The van der Waals surface area contributed by atoms with Crippen molar-refractivity contribution >= 4 is 23.2 Å². The van der Waals surface area contributed by atoms with Gasteiger partial charge < -0.3 is 10.1 Å². The molecule has 0 saturated heterocycles. The quantitative estimate of drug-likeness (QED) is 0.419. The van der Waals surface area contributed by atoms with Crippen LogP contribution in [0.4, 0.5) is 5.69 Å². The summed E-state index contributed by atoms with van der Waals surface area (Å²) < 4.78 is 6.59. The average Bonchev–Trinajstić information content (AvgIpc) is 2.75. The number of hydrogen-bond donors (Lipinski definition) is 1. The molecule has 7 nitrogen and oxygen atoms in total. The molecule has 1 amide bonds. The summed E-state index contributed by atoms with van der Waals surface area (Å²) in [5.41, 5.74) is 1.82. The van der Waals surface area contributed by atoms with Crippen molar-refractivity contribution in [2.24, 2.45) is 0 Å². The second-order valence-electron chi connectivity index (χ2n) is 6.64. The fourth-order valence-corrected chi connectivity index (χ4v) is 2.88. The molecule has 4 aromatic rings. The van der Waals surface area contributed by atoms with E-state index in [1.54, 1.807) is 54.7 Å². The Labute approximate surface area is 171 Å². The summed E-state index contributed by atoms with van der Waals surface area (Å²) in [5.74, 6) is -0.805. The summed E-state index contributed by atoms with van der Waals surface area (Å²) in [7, 11) is 0. The number of nitrogens with zero attached hydrogens (tertiary/aromatic N) is 2. The molecule has 7 heteroatoms. The van der Waals surface area contributed by atoms with E-state index in [1.165, 1.54) is 22.7 Å². The number of benzene rings is 2. The SMILES string of the molecule is Cc1ccn2c(=O)c(C(=O)Oc3ccc(NC(=O)c4ccccc4)cc3)cnc2c1. The molecule has 2 aromatic carbocycles. The molecule has 0 radical (unpaired) electrons. The molecule has 0 saturated carbocycles. The molecular formula is C23H17N3O4. The van der Waals surface area contributed by atoms with E-state index in [0.717, 1.165) is 5.56 Å². The summed E-state index contributed by atoms with van der Waals surface area (Å²) in [5, 5.41) is 2.76. The number of ether oxygens (including phenoxy) is 1. The first-order valence-electron chi connectivity index (χ1n) is 9.18. The van der Waals surface area contributed by atoms with Crippen LogP contribution < -0.4 is 15.6 Å². The summed E-state index contributed by atoms with van der Waals surface area (Å²) in [6.45, 7) is 1.89. The number of aromatic nitrogens is 2. The van der Waals surface area contributed by atoms with Gasteiger partial charge in [0.1, 0.15) is 17.0 Å². The Morgan fingerprint density at radius 3 is 2.47 bits per heavy atom. The second-order valence-corrected chi connectivity index (χ2v) is 6.64. The van der Waals surface area contributed by atoms with E-state index in [0.29, 0.717) is 16.9 Å². The van der Waals surface area contributed by atoms with Crippen molar-refractivity contribution < 1.29 is 14.3 Å². The van der Waals surface area contributed by atoms with Crippen LogP contribution >= 0.6 is 0 Å². The Hall–Kier alpha value is -4.26. The van der Waals surface area contributed by atoms with Crippen LogP contribution in [0.3, 0.4) is 0 Å². The molecule has 0 unspecified atom stereocenters. The van der Waals surface area contributed by atoms with Crippen LogP contribution in [0.25, 0.3) is 5.65 Å². The fraction of sp³-hybridized carbons (Fsp3) is 0.0435. The minimum absolute atomic E-state index is 0.169. The number of pyridine rings is 1. The number of rotatable bonds is 4. The highest BCUT2D eigenvalue weighted by Crippen LogP contribution is 2.17. The zero-order valence-corrected chi connectivity index (χ0v) is 16.0. The smallest absolute Gasteiger partial charge is 0.350 e. The zero-order valence-electron chi connectivity index (χ0n) is 16.0. The third-order valence-electron chi connectivity index (χ3n) is 4.44. The summed E-state index contributed by atoms with van der Waals surface area (Å²) >= 11 is 0. The van der Waals surface area contributed by atoms with Gasteiger partial charge in [0.15, 0.2) is 0 Å². The lowest BCUT2D eigenvalue weighted by Gasteiger charge is -2.08. The molecule has 0 aliphatic carbocycles. The topological polar surface area (TPSA) is 89.8 Å². The lowest BCUT2D eigenvalue weighted by atomic mass is 10.2. The van der Waals surface area contributed by atoms with Crippen LogP contribution in [-0.4, -0.2) is 21.3 Å². The van der Waals surface area contributed by atoms with Gasteiger partial charge in [-0.15, -0.1) is 0 Å². The first-order valence-corrected chi connectivity index (χ1v) is 9.18. The molecule has 0 aliphatic rings. The number of fused-ring (bicyclic) bond motifs is 1. The number of amides is 1. The predicted molar refractivity (Wildman–Crippen MR) is 112 cm³/mol. The summed E-state index contributed by atoms with van der Waals surface area (Å²) in [6.07, 6.45) is 2.79. The number of esters is 1. The van der Waals surface area contributed by atoms with Crippen molar-refractivity contribution in [3.63, 3.8) is 0 Å². The molecule has 30 heavy (non-hydrogen) atoms. The molecule has 2 aromatic heterocycles. The van der Waals surface area contributed by atoms with Crippen molar-refractivity contribution in [2.75, 3.05) is 5.32 Å². The molecule has 0 atom stereocenters. The minimum Gasteiger partial charge on any atom is -0.423 e. The molecule has 0 aliphatic heterocycles. The molecule has 0 fully saturated rings. The van der Waals surface area contributed by atoms with Gasteiger partial charge in [0, 0.05) is 23.6 Å². The highest BCUT2D eigenvalue weighted by Gasteiger charge is 2.16. The summed E-state index contributed by atoms with van der Waals surface area (Å²) in [4.78, 5) is 41.3. The number of nitrogens with one attached hydrogen (secondary N) is 1. The van der Waals surface area contributed by atoms with Gasteiger partial charge in [0.25, 0.3) is 11.5 Å². The third-order valence-corrected chi connectivity index (χ3v) is 4.44. The molecule has 0 spiro atoms. The van der Waals surface area contributed by atoms with Gasteiger partial charge in [-0.1, -0.05) is 18.2 Å². The average molecular weight is 399 g/mol. The monoisotopic (exact) mass is 399 g/mol. The van der Waals surface area contributed by atoms with Gasteiger partial charge in [-0.05, 0) is 61.0 Å². The lowest BCUT2D eigenvalue weighted by molar-refractivity contribution is 0.0732. The van der Waals surface area contributed by atoms with Crippen LogP contribution in [0.2, 0.25) is 0 Å². The van der Waals surface area contributed by atoms with E-state index < -0.39 is 11.5 Å². The van der Waals surface area contributed by atoms with Crippen LogP contribution in [0, 0.1) is 6.92 Å². The second kappa shape index (κ2) is 8.00. The summed E-state index contributed by atoms with van der Waals surface area (Å²) in [6, 6.07) is 18.6. The molecule has 2 heterocycles. The molecule has 0 bridgehead atoms. The van der Waals surface area contributed by atoms with E-state index in [2.05, 4.69) is 10.3 Å². The molecule has 148 valence electrons. The van der Waals surface area contributed by atoms with E-state index in [1.807, 2.05) is 13.0 Å². The van der Waals surface area contributed by atoms with Crippen LogP contribution in [-0.2, 0) is 0 Å². The maximum Gasteiger partial charge on any atom is 0.350 e. The van der Waals surface area contributed by atoms with Crippen molar-refractivity contribution in [2.45, 2.75) is 6.92 Å². The molecule has 4 rings (SSSR count). The maximum atomic E-state index is 12.6. The molecule has 1 N–H and O–H groups in total. The highest BCUT2D eigenvalue weighted by atomic mass is 16.5. The Bertz CT molecular complexity index is 1300. The Morgan fingerprint density at radius 1 is 1.00 bits per heavy atom. The first-order chi connectivity index (χ1) is 14.5. The van der Waals surface area contributed by atoms with Crippen LogP contribution in [0.5, 0.6) is 5.75 Å². The third kappa shape index (κ3) is 3.95. The van der Waals surface area contributed by atoms with E-state index in [9.17, 15) is 14.4 Å². The number of anilines is 1. The van der Waals surface area contributed by atoms with Crippen molar-refractivity contribution in [1.29, 1.82) is 0 Å². The van der Waals surface area contributed by atoms with Gasteiger partial charge >= 0.3 is 5.97 Å². The first kappa shape index (κ1) is 19.1. The van der Waals surface area contributed by atoms with Gasteiger partial charge in [0.05, 0.1) is 0 Å². The van der Waals surface area contributed by atoms with Crippen molar-refractivity contribution in [3.8, 4) is 5.75 Å². The number of hydrogen-bond acceptors (Lipinski definition) is 5. The van der Waals surface area contributed by atoms with Gasteiger partial charge in [-0.2, -0.15) is 0 Å². The van der Waals surface area contributed by atoms with Crippen molar-refractivity contribution in [3.05, 3.63) is 106 Å². The van der Waals surface area contributed by atoms with Crippen LogP contribution in [0.15, 0.2) is 83.9 Å². The minimum atomic E-state index is -0.802. The van der Waals surface area contributed by atoms with E-state index in [4.69, 9.17) is 4.74 Å². The lowest BCUT2D eigenvalue weighted by Crippen LogP contribution is -2.25. The van der Waals surface area contributed by atoms with Gasteiger partial charge in [-0.3, -0.25) is 14.0 Å². The zero-order chi connectivity index (χ0) is 21.1. The Morgan fingerprint density at radius 2 is 1.73 bits per heavy atom. The normalized spacial score (nSPS) is 10.6. The maximum absolute atomic E-state index is 12.6. The number of aryl methyl sites for hydroxylation is 1. The molecular weight excluding hydrogens is 382 g/mol. The van der Waals surface area contributed by atoms with Gasteiger partial charge in [0.2, 0.25) is 0 Å². The van der Waals surface area contributed by atoms with E-state index in [-0.39, 0.29) is 17.2 Å². The largest absolute Gasteiger partial charge is 0.423 e. The predicted octanol–water partition coefficient (Wildman–Crippen LogP) is 3.47. The standard InChI is InChI=1S/C23H17N3O4/c1-15-11-12-26-20(13-15)24-14-19(22(26)28)23(29)30-18-9-7-17(8-10-18)25-21(27)16-5-3-2-4-6-16/h2-14H,1H3,(H,25,27). The van der Waals surface area contributed by atoms with Crippen LogP contribution in [0.1, 0.15) is 26.3 Å². The Kier molecular flexibility index (Phi) is 5.09. The highest BCUT2D eigenvalue weighted by molar-refractivity contribution is 6.04. The number of carbonyl (C=O) groups excluding carboxylic acids is 2. The van der Waals surface area contributed by atoms with E-state index >= 15 is 0 Å². The van der Waals surface area contributed by atoms with Gasteiger partial charge in [-0.25, -0.2) is 9.78 Å². The van der Waals surface area contributed by atoms with Crippen molar-refractivity contribution in [1.82, 2.24) is 9.38 Å². The fourth-order valence-electron chi connectivity index (χ4n) is 2.88. The Balaban J connectivity index is 1.48.